The highest BCUT2D eigenvalue weighted by molar-refractivity contribution is 6.01. The number of anilines is 1. The Hall–Kier alpha value is -2.74. The molecule has 0 fully saturated rings. The molecule has 0 aromatic heterocycles. The molecule has 1 aliphatic carbocycles. The molecule has 2 aliphatic rings. The topological polar surface area (TPSA) is 6.48 Å². The molecule has 30 heavy (non-hydrogen) atoms. The quantitative estimate of drug-likeness (QED) is 0.439. The van der Waals surface area contributed by atoms with E-state index in [0.717, 1.165) is 0 Å². The zero-order valence-electron chi connectivity index (χ0n) is 19.2. The van der Waals surface area contributed by atoms with Crippen molar-refractivity contribution < 1.29 is 0 Å². The zero-order valence-corrected chi connectivity index (χ0v) is 19.2. The van der Waals surface area contributed by atoms with E-state index < -0.39 is 0 Å². The number of fused-ring (bicyclic) bond motifs is 5. The SMILES string of the molecule is Cc1cc2c(cc1N1C=CN(C)[C@@H]1C)-c1c(ccc3ccccc13)C(C)(C)C2(C)C. The van der Waals surface area contributed by atoms with E-state index in [4.69, 9.17) is 0 Å². The summed E-state index contributed by atoms with van der Waals surface area (Å²) in [4.78, 5) is 4.66. The van der Waals surface area contributed by atoms with Gasteiger partial charge in [0.05, 0.1) is 0 Å². The average molecular weight is 397 g/mol. The number of aryl methyl sites for hydroxylation is 1. The molecule has 0 N–H and O–H groups in total. The summed E-state index contributed by atoms with van der Waals surface area (Å²) in [6, 6.07) is 18.4. The van der Waals surface area contributed by atoms with Gasteiger partial charge in [-0.1, -0.05) is 70.2 Å². The van der Waals surface area contributed by atoms with Crippen molar-refractivity contribution in [3.05, 3.63) is 77.6 Å². The van der Waals surface area contributed by atoms with Crippen LogP contribution in [0.3, 0.4) is 0 Å². The average Bonchev–Trinajstić information content (AvgIpc) is 3.04. The van der Waals surface area contributed by atoms with Crippen molar-refractivity contribution in [1.82, 2.24) is 4.90 Å². The van der Waals surface area contributed by atoms with Gasteiger partial charge in [-0.05, 0) is 69.3 Å². The van der Waals surface area contributed by atoms with Crippen LogP contribution in [-0.4, -0.2) is 18.1 Å². The van der Waals surface area contributed by atoms with Crippen molar-refractivity contribution in [1.29, 1.82) is 0 Å². The van der Waals surface area contributed by atoms with Gasteiger partial charge in [0, 0.05) is 25.1 Å². The maximum absolute atomic E-state index is 2.45. The van der Waals surface area contributed by atoms with Crippen LogP contribution >= 0.6 is 0 Å². The Morgan fingerprint density at radius 1 is 0.833 bits per heavy atom. The third-order valence-corrected chi connectivity index (χ3v) is 8.18. The summed E-state index contributed by atoms with van der Waals surface area (Å²) in [6.45, 7) is 14.2. The van der Waals surface area contributed by atoms with Crippen LogP contribution in [0.25, 0.3) is 21.9 Å². The molecule has 3 aromatic carbocycles. The molecule has 1 aliphatic heterocycles. The van der Waals surface area contributed by atoms with E-state index in [1.807, 2.05) is 0 Å². The van der Waals surface area contributed by atoms with Crippen LogP contribution in [0, 0.1) is 6.92 Å². The number of benzene rings is 3. The van der Waals surface area contributed by atoms with Gasteiger partial charge in [0.1, 0.15) is 6.17 Å². The Morgan fingerprint density at radius 2 is 1.53 bits per heavy atom. The molecule has 154 valence electrons. The fourth-order valence-electron chi connectivity index (χ4n) is 5.36. The van der Waals surface area contributed by atoms with Gasteiger partial charge < -0.3 is 9.80 Å². The lowest BCUT2D eigenvalue weighted by Gasteiger charge is -2.49. The molecule has 2 heteroatoms. The molecule has 2 nitrogen and oxygen atoms in total. The minimum absolute atomic E-state index is 0.0321. The van der Waals surface area contributed by atoms with E-state index in [1.165, 1.54) is 44.3 Å². The van der Waals surface area contributed by atoms with Crippen LogP contribution in [0.1, 0.15) is 51.3 Å². The summed E-state index contributed by atoms with van der Waals surface area (Å²) in [5.74, 6) is 0. The third-order valence-electron chi connectivity index (χ3n) is 8.18. The van der Waals surface area contributed by atoms with Crippen molar-refractivity contribution in [2.45, 2.75) is 58.5 Å². The first-order valence-electron chi connectivity index (χ1n) is 11.0. The van der Waals surface area contributed by atoms with E-state index in [0.29, 0.717) is 6.17 Å². The Balaban J connectivity index is 1.86. The summed E-state index contributed by atoms with van der Waals surface area (Å²) in [7, 11) is 2.14. The van der Waals surface area contributed by atoms with Crippen molar-refractivity contribution in [3.63, 3.8) is 0 Å². The zero-order chi connectivity index (χ0) is 21.4. The van der Waals surface area contributed by atoms with E-state index in [1.54, 1.807) is 0 Å². The van der Waals surface area contributed by atoms with Crippen LogP contribution in [-0.2, 0) is 10.8 Å². The monoisotopic (exact) mass is 396 g/mol. The molecule has 0 amide bonds. The minimum Gasteiger partial charge on any atom is -0.359 e. The predicted molar refractivity (Wildman–Crippen MR) is 129 cm³/mol. The number of hydrogen-bond acceptors (Lipinski definition) is 2. The highest BCUT2D eigenvalue weighted by Gasteiger charge is 2.46. The van der Waals surface area contributed by atoms with Crippen molar-refractivity contribution in [3.8, 4) is 11.1 Å². The van der Waals surface area contributed by atoms with Crippen LogP contribution in [0.15, 0.2) is 60.9 Å². The van der Waals surface area contributed by atoms with Crippen LogP contribution in [0.2, 0.25) is 0 Å². The molecule has 3 aromatic rings. The summed E-state index contributed by atoms with van der Waals surface area (Å²) in [5.41, 5.74) is 8.43. The Labute approximate surface area is 180 Å². The van der Waals surface area contributed by atoms with Gasteiger partial charge >= 0.3 is 0 Å². The Kier molecular flexibility index (Phi) is 3.93. The molecule has 0 spiro atoms. The normalized spacial score (nSPS) is 21.1. The van der Waals surface area contributed by atoms with Gasteiger partial charge in [0.2, 0.25) is 0 Å². The second-order valence-electron chi connectivity index (χ2n) is 10.1. The molecule has 0 unspecified atom stereocenters. The Morgan fingerprint density at radius 3 is 2.23 bits per heavy atom. The van der Waals surface area contributed by atoms with Gasteiger partial charge in [-0.25, -0.2) is 0 Å². The van der Waals surface area contributed by atoms with E-state index in [2.05, 4.69) is 119 Å². The standard InChI is InChI=1S/C28H32N2/c1-18-16-24-22(17-25(18)30-15-14-29(7)19(30)2)26-21-11-9-8-10-20(21)12-13-23(26)27(3,4)28(24,5)6/h8-17,19H,1-7H3/t19-/m0/s1. The second-order valence-corrected chi connectivity index (χ2v) is 10.1. The molecule has 0 saturated carbocycles. The summed E-state index contributed by atoms with van der Waals surface area (Å²) < 4.78 is 0. The highest BCUT2D eigenvalue weighted by atomic mass is 15.4. The summed E-state index contributed by atoms with van der Waals surface area (Å²) >= 11 is 0. The van der Waals surface area contributed by atoms with Crippen LogP contribution in [0.5, 0.6) is 0 Å². The first-order valence-corrected chi connectivity index (χ1v) is 11.0. The number of rotatable bonds is 1. The second kappa shape index (κ2) is 6.14. The minimum atomic E-state index is 0.0321. The Bertz CT molecular complexity index is 1200. The van der Waals surface area contributed by atoms with E-state index in [-0.39, 0.29) is 10.8 Å². The lowest BCUT2D eigenvalue weighted by atomic mass is 9.55. The molecular formula is C28H32N2. The molecule has 0 bridgehead atoms. The number of nitrogens with zero attached hydrogens (tertiary/aromatic N) is 2. The van der Waals surface area contributed by atoms with Crippen LogP contribution < -0.4 is 4.90 Å². The lowest BCUT2D eigenvalue weighted by Crippen LogP contribution is -2.43. The predicted octanol–water partition coefficient (Wildman–Crippen LogP) is 6.95. The smallest absolute Gasteiger partial charge is 0.102 e. The molecule has 1 atom stereocenters. The van der Waals surface area contributed by atoms with Crippen molar-refractivity contribution >= 4 is 16.5 Å². The molecule has 5 rings (SSSR count). The van der Waals surface area contributed by atoms with Gasteiger partial charge in [-0.3, -0.25) is 0 Å². The molecular weight excluding hydrogens is 364 g/mol. The van der Waals surface area contributed by atoms with Gasteiger partial charge in [0.25, 0.3) is 0 Å². The van der Waals surface area contributed by atoms with Gasteiger partial charge in [-0.15, -0.1) is 0 Å². The van der Waals surface area contributed by atoms with E-state index in [9.17, 15) is 0 Å². The fourth-order valence-corrected chi connectivity index (χ4v) is 5.36. The maximum Gasteiger partial charge on any atom is 0.102 e. The molecule has 0 saturated heterocycles. The van der Waals surface area contributed by atoms with Crippen LogP contribution in [0.4, 0.5) is 5.69 Å². The third kappa shape index (κ3) is 2.37. The van der Waals surface area contributed by atoms with Gasteiger partial charge in [-0.2, -0.15) is 0 Å². The summed E-state index contributed by atoms with van der Waals surface area (Å²) in [6.07, 6.45) is 4.70. The molecule has 1 heterocycles. The van der Waals surface area contributed by atoms with Gasteiger partial charge in [0.15, 0.2) is 0 Å². The highest BCUT2D eigenvalue weighted by Crippen LogP contribution is 2.56. The maximum atomic E-state index is 2.45. The van der Waals surface area contributed by atoms with Crippen molar-refractivity contribution in [2.24, 2.45) is 0 Å². The fraction of sp³-hybridized carbons (Fsp3) is 0.357. The summed E-state index contributed by atoms with van der Waals surface area (Å²) in [5, 5.41) is 2.67. The van der Waals surface area contributed by atoms with Crippen molar-refractivity contribution in [2.75, 3.05) is 11.9 Å². The molecule has 0 radical (unpaired) electrons. The lowest BCUT2D eigenvalue weighted by molar-refractivity contribution is 0.299. The van der Waals surface area contributed by atoms with E-state index >= 15 is 0 Å². The first kappa shape index (κ1) is 19.2. The first-order chi connectivity index (χ1) is 14.1. The largest absolute Gasteiger partial charge is 0.359 e. The number of hydrogen-bond donors (Lipinski definition) is 0.